The van der Waals surface area contributed by atoms with Crippen molar-refractivity contribution in [1.29, 1.82) is 0 Å². The number of anilines is 6. The first kappa shape index (κ1) is 37.4. The van der Waals surface area contributed by atoms with E-state index in [9.17, 15) is 0 Å². The molecule has 2 aliphatic carbocycles. The fourth-order valence-corrected chi connectivity index (χ4v) is 15.6. The van der Waals surface area contributed by atoms with Gasteiger partial charge in [0.25, 0.3) is 6.71 Å². The molecule has 64 heavy (non-hydrogen) atoms. The van der Waals surface area contributed by atoms with Gasteiger partial charge in [0.15, 0.2) is 0 Å². The van der Waals surface area contributed by atoms with Crippen molar-refractivity contribution in [1.82, 2.24) is 4.40 Å². The van der Waals surface area contributed by atoms with E-state index in [-0.39, 0.29) is 28.4 Å². The Morgan fingerprint density at radius 1 is 0.500 bits per heavy atom. The average Bonchev–Trinajstić information content (AvgIpc) is 4.00. The molecule has 3 aromatic heterocycles. The summed E-state index contributed by atoms with van der Waals surface area (Å²) in [5, 5.41) is 6.65. The summed E-state index contributed by atoms with van der Waals surface area (Å²) in [6, 6.07) is 49.8. The molecule has 0 amide bonds. The molecule has 0 fully saturated rings. The number of hydrogen-bond acceptors (Lipinski definition) is 3. The molecule has 5 heterocycles. The monoisotopic (exact) mass is 845 g/mol. The van der Waals surface area contributed by atoms with Gasteiger partial charge in [0, 0.05) is 53.5 Å². The van der Waals surface area contributed by atoms with E-state index in [1.165, 1.54) is 126 Å². The highest BCUT2D eigenvalue weighted by Crippen LogP contribution is 2.59. The van der Waals surface area contributed by atoms with E-state index in [4.69, 9.17) is 0 Å². The summed E-state index contributed by atoms with van der Waals surface area (Å²) in [7, 11) is 0. The largest absolute Gasteiger partial charge is 0.311 e. The van der Waals surface area contributed by atoms with Gasteiger partial charge >= 0.3 is 0 Å². The van der Waals surface area contributed by atoms with Gasteiger partial charge in [0.2, 0.25) is 0 Å². The number of para-hydroxylation sites is 3. The van der Waals surface area contributed by atoms with Gasteiger partial charge in [0.05, 0.1) is 33.6 Å². The molecule has 14 rings (SSSR count). The number of fused-ring (bicyclic) bond motifs is 16. The number of rotatable bonds is 2. The van der Waals surface area contributed by atoms with Gasteiger partial charge in [-0.05, 0) is 129 Å². The lowest BCUT2D eigenvalue weighted by molar-refractivity contribution is 0.403. The van der Waals surface area contributed by atoms with Crippen LogP contribution in [0.4, 0.5) is 34.1 Å². The second-order valence-electron chi connectivity index (χ2n) is 22.4. The van der Waals surface area contributed by atoms with E-state index in [0.717, 1.165) is 12.8 Å². The van der Waals surface area contributed by atoms with Crippen LogP contribution in [0.25, 0.3) is 48.2 Å². The van der Waals surface area contributed by atoms with Crippen molar-refractivity contribution < 1.29 is 0 Å². The van der Waals surface area contributed by atoms with Crippen LogP contribution in [-0.4, -0.2) is 11.1 Å². The smallest absolute Gasteiger partial charge is 0.264 e. The summed E-state index contributed by atoms with van der Waals surface area (Å²) < 4.78 is 5.39. The number of aryl methyl sites for hydroxylation is 1. The zero-order valence-electron chi connectivity index (χ0n) is 38.4. The fraction of sp³-hybridized carbons (Fsp3) is 0.254. The highest BCUT2D eigenvalue weighted by molar-refractivity contribution is 7.33. The number of nitrogens with zero attached hydrogens (tertiary/aromatic N) is 3. The van der Waals surface area contributed by atoms with E-state index in [1.807, 2.05) is 11.3 Å². The molecule has 0 spiro atoms. The van der Waals surface area contributed by atoms with Crippen LogP contribution in [0.3, 0.4) is 0 Å². The van der Waals surface area contributed by atoms with Crippen molar-refractivity contribution in [3.05, 3.63) is 155 Å². The summed E-state index contributed by atoms with van der Waals surface area (Å²) in [6.45, 7) is 22.0. The Hall–Kier alpha value is -6.04. The van der Waals surface area contributed by atoms with Gasteiger partial charge in [-0.15, -0.1) is 11.3 Å². The Morgan fingerprint density at radius 3 is 1.75 bits per heavy atom. The normalized spacial score (nSPS) is 18.4. The van der Waals surface area contributed by atoms with Crippen molar-refractivity contribution in [2.24, 2.45) is 0 Å². The molecule has 4 aliphatic rings. The SMILES string of the molecule is Cc1ccc2sc3c(c2c1)N(c1ccccc1)c1c2c(c4c5ccccc5n5c6ccccc6c1c45)N(c1ccc4c(c1)C(C)(C)CC4(C)C)c1cc4c(cc1B32)C(C)(C)CC4(C)C. The summed E-state index contributed by atoms with van der Waals surface area (Å²) in [4.78, 5) is 5.46. The van der Waals surface area contributed by atoms with Gasteiger partial charge in [-0.1, -0.05) is 134 Å². The standard InChI is InChI=1S/C59H52BN3S/c1-33-23-26-47-38(27-33)51-55(64-47)60-43-29-41-42(59(8,9)32-58(41,6)7)30-46(43)61(35-24-25-39-40(28-35)57(4,5)31-56(39,2)3)53-48-36-19-13-15-21-44(36)63-45-22-16-14-20-37(45)49(52(48)63)54(50(53)60)62(51)34-17-11-10-12-18-34/h10-30H,31-32H2,1-9H3. The Labute approximate surface area is 380 Å². The first-order valence-electron chi connectivity index (χ1n) is 23.4. The maximum Gasteiger partial charge on any atom is 0.264 e. The molecule has 5 heteroatoms. The van der Waals surface area contributed by atoms with E-state index < -0.39 is 0 Å². The molecule has 0 bridgehead atoms. The number of hydrogen-bond donors (Lipinski definition) is 0. The van der Waals surface area contributed by atoms with Crippen LogP contribution < -0.4 is 25.5 Å². The van der Waals surface area contributed by atoms with Crippen molar-refractivity contribution in [3.63, 3.8) is 0 Å². The van der Waals surface area contributed by atoms with Crippen LogP contribution in [0.15, 0.2) is 127 Å². The molecule has 3 nitrogen and oxygen atoms in total. The minimum atomic E-state index is 0.0223. The van der Waals surface area contributed by atoms with Crippen LogP contribution in [-0.2, 0) is 21.7 Å². The van der Waals surface area contributed by atoms with Crippen molar-refractivity contribution in [2.45, 2.75) is 96.8 Å². The minimum absolute atomic E-state index is 0.0223. The lowest BCUT2D eigenvalue weighted by Gasteiger charge is -2.44. The zero-order chi connectivity index (χ0) is 43.6. The molecular formula is C59H52BN3S. The number of thiophene rings is 1. The number of benzene rings is 7. The Balaban J connectivity index is 1.25. The van der Waals surface area contributed by atoms with Crippen molar-refractivity contribution in [3.8, 4) is 0 Å². The van der Waals surface area contributed by atoms with Crippen LogP contribution in [0.2, 0.25) is 0 Å². The Kier molecular flexibility index (Phi) is 6.89. The van der Waals surface area contributed by atoms with E-state index in [0.29, 0.717) is 0 Å². The number of aromatic nitrogens is 1. The molecule has 0 saturated carbocycles. The predicted molar refractivity (Wildman–Crippen MR) is 277 cm³/mol. The van der Waals surface area contributed by atoms with Crippen LogP contribution in [0.1, 0.15) is 96.0 Å². The topological polar surface area (TPSA) is 10.9 Å². The molecule has 0 atom stereocenters. The third kappa shape index (κ3) is 4.49. The summed E-state index contributed by atoms with van der Waals surface area (Å²) in [6.07, 6.45) is 2.26. The predicted octanol–water partition coefficient (Wildman–Crippen LogP) is 14.4. The van der Waals surface area contributed by atoms with Crippen LogP contribution >= 0.6 is 11.3 Å². The molecule has 10 aromatic rings. The third-order valence-corrected chi connectivity index (χ3v) is 17.5. The molecule has 2 aliphatic heterocycles. The summed E-state index contributed by atoms with van der Waals surface area (Å²) in [5.41, 5.74) is 22.0. The maximum atomic E-state index is 2.76. The van der Waals surface area contributed by atoms with Crippen molar-refractivity contribution in [2.75, 3.05) is 9.80 Å². The second kappa shape index (κ2) is 11.8. The summed E-state index contributed by atoms with van der Waals surface area (Å²) in [5.74, 6) is 0. The maximum absolute atomic E-state index is 2.76. The minimum Gasteiger partial charge on any atom is -0.311 e. The van der Waals surface area contributed by atoms with Crippen molar-refractivity contribution >= 4 is 116 Å². The van der Waals surface area contributed by atoms with Gasteiger partial charge in [-0.3, -0.25) is 0 Å². The summed E-state index contributed by atoms with van der Waals surface area (Å²) >= 11 is 2.01. The van der Waals surface area contributed by atoms with E-state index in [1.54, 1.807) is 0 Å². The zero-order valence-corrected chi connectivity index (χ0v) is 39.2. The van der Waals surface area contributed by atoms with E-state index in [2.05, 4.69) is 204 Å². The molecule has 0 radical (unpaired) electrons. The lowest BCUT2D eigenvalue weighted by atomic mass is 9.35. The quantitative estimate of drug-likeness (QED) is 0.161. The third-order valence-electron chi connectivity index (χ3n) is 16.3. The molecule has 0 unspecified atom stereocenters. The highest BCUT2D eigenvalue weighted by atomic mass is 32.1. The second-order valence-corrected chi connectivity index (χ2v) is 23.5. The fourth-order valence-electron chi connectivity index (χ4n) is 14.3. The van der Waals surface area contributed by atoms with Gasteiger partial charge in [0.1, 0.15) is 0 Å². The first-order valence-corrected chi connectivity index (χ1v) is 24.2. The highest BCUT2D eigenvalue weighted by Gasteiger charge is 2.51. The Bertz CT molecular complexity index is 3710. The molecule has 312 valence electrons. The van der Waals surface area contributed by atoms with Crippen LogP contribution in [0.5, 0.6) is 0 Å². The molecular weight excluding hydrogens is 794 g/mol. The van der Waals surface area contributed by atoms with E-state index >= 15 is 0 Å². The first-order chi connectivity index (χ1) is 30.6. The van der Waals surface area contributed by atoms with Gasteiger partial charge in [-0.25, -0.2) is 0 Å². The lowest BCUT2D eigenvalue weighted by Crippen LogP contribution is -2.60. The molecule has 0 saturated heterocycles. The van der Waals surface area contributed by atoms with Crippen LogP contribution in [0, 0.1) is 6.92 Å². The molecule has 0 N–H and O–H groups in total. The Morgan fingerprint density at radius 2 is 1.08 bits per heavy atom. The van der Waals surface area contributed by atoms with Gasteiger partial charge in [-0.2, -0.15) is 0 Å². The molecule has 7 aromatic carbocycles. The average molecular weight is 846 g/mol. The van der Waals surface area contributed by atoms with Gasteiger partial charge < -0.3 is 14.2 Å².